The van der Waals surface area contributed by atoms with E-state index in [1.165, 1.54) is 5.69 Å². The summed E-state index contributed by atoms with van der Waals surface area (Å²) in [5, 5.41) is 13.7. The number of aryl methyl sites for hydroxylation is 3. The molecule has 0 spiro atoms. The van der Waals surface area contributed by atoms with E-state index >= 15 is 0 Å². The van der Waals surface area contributed by atoms with Crippen LogP contribution in [0.2, 0.25) is 0 Å². The van der Waals surface area contributed by atoms with Gasteiger partial charge in [0.05, 0.1) is 11.3 Å². The Bertz CT molecular complexity index is 731. The van der Waals surface area contributed by atoms with Gasteiger partial charge in [-0.25, -0.2) is 0 Å². The van der Waals surface area contributed by atoms with Crippen molar-refractivity contribution in [2.45, 2.75) is 26.8 Å². The lowest BCUT2D eigenvalue weighted by atomic mass is 10.3. The van der Waals surface area contributed by atoms with Gasteiger partial charge in [0.15, 0.2) is 5.96 Å². The molecule has 2 heterocycles. The third-order valence-electron chi connectivity index (χ3n) is 3.79. The fourth-order valence-electron chi connectivity index (χ4n) is 2.51. The van der Waals surface area contributed by atoms with Gasteiger partial charge in [0.1, 0.15) is 0 Å². The van der Waals surface area contributed by atoms with Gasteiger partial charge in [-0.15, -0.1) is 24.0 Å². The summed E-state index contributed by atoms with van der Waals surface area (Å²) in [7, 11) is 1.73. The molecule has 0 atom stereocenters. The summed E-state index contributed by atoms with van der Waals surface area (Å²) in [4.78, 5) is 20.0. The van der Waals surface area contributed by atoms with Crippen molar-refractivity contribution in [2.75, 3.05) is 26.7 Å². The zero-order valence-electron chi connectivity index (χ0n) is 16.0. The zero-order chi connectivity index (χ0) is 18.8. The summed E-state index contributed by atoms with van der Waals surface area (Å²) >= 11 is 0. The monoisotopic (exact) mass is 485 g/mol. The molecular formula is C18H28IN7O. The summed E-state index contributed by atoms with van der Waals surface area (Å²) < 4.78 is 2.02. The number of halogens is 1. The van der Waals surface area contributed by atoms with Crippen LogP contribution in [-0.2, 0) is 6.54 Å². The predicted molar refractivity (Wildman–Crippen MR) is 118 cm³/mol. The van der Waals surface area contributed by atoms with Crippen molar-refractivity contribution in [2.24, 2.45) is 4.99 Å². The molecule has 0 saturated carbocycles. The van der Waals surface area contributed by atoms with Crippen LogP contribution in [0.25, 0.3) is 0 Å². The Hall–Kier alpha value is -2.17. The summed E-state index contributed by atoms with van der Waals surface area (Å²) in [6.07, 6.45) is 4.13. The molecule has 0 bridgehead atoms. The van der Waals surface area contributed by atoms with E-state index in [2.05, 4.69) is 44.0 Å². The number of pyridine rings is 1. The lowest BCUT2D eigenvalue weighted by Crippen LogP contribution is -2.42. The first-order valence-electron chi connectivity index (χ1n) is 8.74. The highest BCUT2D eigenvalue weighted by molar-refractivity contribution is 14.0. The van der Waals surface area contributed by atoms with E-state index in [-0.39, 0.29) is 29.9 Å². The highest BCUT2D eigenvalue weighted by atomic mass is 127. The summed E-state index contributed by atoms with van der Waals surface area (Å²) in [5.41, 5.74) is 2.77. The number of hydrogen-bond donors (Lipinski definition) is 3. The predicted octanol–water partition coefficient (Wildman–Crippen LogP) is 1.50. The molecule has 27 heavy (non-hydrogen) atoms. The maximum Gasteiger partial charge on any atom is 0.252 e. The molecule has 0 aliphatic carbocycles. The molecule has 148 valence electrons. The molecule has 0 radical (unpaired) electrons. The third-order valence-corrected chi connectivity index (χ3v) is 3.79. The number of aromatic nitrogens is 3. The van der Waals surface area contributed by atoms with Crippen LogP contribution < -0.4 is 16.0 Å². The fraction of sp³-hybridized carbons (Fsp3) is 0.444. The Labute approximate surface area is 177 Å². The van der Waals surface area contributed by atoms with Gasteiger partial charge in [-0.2, -0.15) is 5.10 Å². The second kappa shape index (κ2) is 12.3. The Balaban J connectivity index is 0.00000364. The number of guanidine groups is 1. The standard InChI is InChI=1S/C18H27N7O.HI/c1-14-12-15(2)25(24-14)11-5-8-22-18(19-3)23-10-9-21-17(26)16-6-4-7-20-13-16;/h4,6-7,12-13H,5,8-11H2,1-3H3,(H,21,26)(H2,19,22,23);1H. The third kappa shape index (κ3) is 7.94. The van der Waals surface area contributed by atoms with E-state index in [1.54, 1.807) is 31.6 Å². The van der Waals surface area contributed by atoms with Gasteiger partial charge in [0.2, 0.25) is 0 Å². The average molecular weight is 485 g/mol. The van der Waals surface area contributed by atoms with E-state index < -0.39 is 0 Å². The Morgan fingerprint density at radius 3 is 2.56 bits per heavy atom. The Morgan fingerprint density at radius 1 is 1.19 bits per heavy atom. The lowest BCUT2D eigenvalue weighted by molar-refractivity contribution is 0.0954. The van der Waals surface area contributed by atoms with Crippen LogP contribution in [0.3, 0.4) is 0 Å². The van der Waals surface area contributed by atoms with E-state index in [9.17, 15) is 4.79 Å². The van der Waals surface area contributed by atoms with Gasteiger partial charge in [-0.1, -0.05) is 0 Å². The number of hydrogen-bond acceptors (Lipinski definition) is 4. The smallest absolute Gasteiger partial charge is 0.252 e. The van der Waals surface area contributed by atoms with Gasteiger partial charge in [-0.05, 0) is 38.5 Å². The Kier molecular flexibility index (Phi) is 10.4. The summed E-state index contributed by atoms with van der Waals surface area (Å²) in [6, 6.07) is 5.55. The van der Waals surface area contributed by atoms with E-state index in [0.717, 1.165) is 25.2 Å². The second-order valence-corrected chi connectivity index (χ2v) is 5.93. The van der Waals surface area contributed by atoms with Crippen LogP contribution in [-0.4, -0.2) is 53.3 Å². The van der Waals surface area contributed by atoms with Crippen molar-refractivity contribution in [1.82, 2.24) is 30.7 Å². The number of aliphatic imine (C=N–C) groups is 1. The van der Waals surface area contributed by atoms with Gasteiger partial charge in [0, 0.05) is 51.3 Å². The lowest BCUT2D eigenvalue weighted by Gasteiger charge is -2.12. The normalized spacial score (nSPS) is 10.9. The highest BCUT2D eigenvalue weighted by Gasteiger charge is 2.04. The van der Waals surface area contributed by atoms with Crippen LogP contribution in [0, 0.1) is 13.8 Å². The quantitative estimate of drug-likeness (QED) is 0.228. The number of nitrogens with one attached hydrogen (secondary N) is 3. The average Bonchev–Trinajstić information content (AvgIpc) is 2.98. The minimum absolute atomic E-state index is 0. The maximum atomic E-state index is 11.9. The van der Waals surface area contributed by atoms with Crippen molar-refractivity contribution < 1.29 is 4.79 Å². The van der Waals surface area contributed by atoms with Crippen molar-refractivity contribution in [3.63, 3.8) is 0 Å². The number of nitrogens with zero attached hydrogens (tertiary/aromatic N) is 4. The van der Waals surface area contributed by atoms with Gasteiger partial charge in [0.25, 0.3) is 5.91 Å². The van der Waals surface area contributed by atoms with Gasteiger partial charge < -0.3 is 16.0 Å². The van der Waals surface area contributed by atoms with Crippen molar-refractivity contribution in [3.05, 3.63) is 47.5 Å². The van der Waals surface area contributed by atoms with Crippen molar-refractivity contribution >= 4 is 35.8 Å². The number of carbonyl (C=O) groups excluding carboxylic acids is 1. The van der Waals surface area contributed by atoms with E-state index in [1.807, 2.05) is 11.6 Å². The first-order valence-corrected chi connectivity index (χ1v) is 8.74. The molecule has 0 saturated heterocycles. The second-order valence-electron chi connectivity index (χ2n) is 5.93. The van der Waals surface area contributed by atoms with Crippen LogP contribution in [0.4, 0.5) is 0 Å². The molecule has 2 aromatic rings. The van der Waals surface area contributed by atoms with Crippen LogP contribution in [0.15, 0.2) is 35.6 Å². The summed E-state index contributed by atoms with van der Waals surface area (Å²) in [6.45, 7) is 6.81. The molecule has 0 aliphatic rings. The molecule has 2 aromatic heterocycles. The molecule has 0 fully saturated rings. The molecule has 3 N–H and O–H groups in total. The van der Waals surface area contributed by atoms with Crippen LogP contribution in [0.5, 0.6) is 0 Å². The molecule has 0 unspecified atom stereocenters. The number of amides is 1. The SMILES string of the molecule is CN=C(NCCCn1nc(C)cc1C)NCCNC(=O)c1cccnc1.I. The molecule has 8 nitrogen and oxygen atoms in total. The topological polar surface area (TPSA) is 96.2 Å². The van der Waals surface area contributed by atoms with Gasteiger partial charge in [-0.3, -0.25) is 19.5 Å². The highest BCUT2D eigenvalue weighted by Crippen LogP contribution is 2.02. The molecule has 9 heteroatoms. The van der Waals surface area contributed by atoms with E-state index in [4.69, 9.17) is 0 Å². The molecular weight excluding hydrogens is 457 g/mol. The van der Waals surface area contributed by atoms with Crippen LogP contribution in [0.1, 0.15) is 28.2 Å². The molecule has 2 rings (SSSR count). The zero-order valence-corrected chi connectivity index (χ0v) is 18.4. The summed E-state index contributed by atoms with van der Waals surface area (Å²) in [5.74, 6) is 0.585. The largest absolute Gasteiger partial charge is 0.356 e. The number of carbonyl (C=O) groups is 1. The van der Waals surface area contributed by atoms with Crippen molar-refractivity contribution in [1.29, 1.82) is 0 Å². The first kappa shape index (κ1) is 22.9. The Morgan fingerprint density at radius 2 is 1.93 bits per heavy atom. The fourth-order valence-corrected chi connectivity index (χ4v) is 2.51. The molecule has 1 amide bonds. The molecule has 0 aliphatic heterocycles. The van der Waals surface area contributed by atoms with Crippen LogP contribution >= 0.6 is 24.0 Å². The molecule has 0 aromatic carbocycles. The van der Waals surface area contributed by atoms with Gasteiger partial charge >= 0.3 is 0 Å². The first-order chi connectivity index (χ1) is 12.6. The minimum atomic E-state index is -0.132. The van der Waals surface area contributed by atoms with Crippen molar-refractivity contribution in [3.8, 4) is 0 Å². The maximum absolute atomic E-state index is 11.9. The number of rotatable bonds is 8. The van der Waals surface area contributed by atoms with E-state index in [0.29, 0.717) is 24.6 Å². The minimum Gasteiger partial charge on any atom is -0.356 e.